The van der Waals surface area contributed by atoms with Crippen molar-refractivity contribution in [2.24, 2.45) is 5.41 Å². The first-order valence-corrected chi connectivity index (χ1v) is 12.3. The zero-order valence-electron chi connectivity index (χ0n) is 20.1. The topological polar surface area (TPSA) is 53.5 Å². The Kier molecular flexibility index (Phi) is 6.83. The number of benzene rings is 2. The summed E-state index contributed by atoms with van der Waals surface area (Å²) < 4.78 is 0. The van der Waals surface area contributed by atoms with E-state index in [2.05, 4.69) is 28.7 Å². The summed E-state index contributed by atoms with van der Waals surface area (Å²) in [5, 5.41) is 0. The van der Waals surface area contributed by atoms with Crippen LogP contribution >= 0.6 is 0 Å². The molecule has 5 rings (SSSR count). The molecular formula is C31H27N3O2. The average Bonchev–Trinajstić information content (AvgIpc) is 3.35. The Morgan fingerprint density at radius 3 is 1.97 bits per heavy atom. The highest BCUT2D eigenvalue weighted by Crippen LogP contribution is 2.40. The van der Waals surface area contributed by atoms with Crippen LogP contribution in [0.15, 0.2) is 79.1 Å². The quantitative estimate of drug-likeness (QED) is 0.503. The fourth-order valence-corrected chi connectivity index (χ4v) is 4.90. The predicted molar refractivity (Wildman–Crippen MR) is 139 cm³/mol. The van der Waals surface area contributed by atoms with Gasteiger partial charge < -0.3 is 9.80 Å². The van der Waals surface area contributed by atoms with Crippen LogP contribution in [0.5, 0.6) is 0 Å². The predicted octanol–water partition coefficient (Wildman–Crippen LogP) is 3.99. The van der Waals surface area contributed by atoms with Gasteiger partial charge in [-0.3, -0.25) is 14.6 Å². The van der Waals surface area contributed by atoms with Crippen LogP contribution in [0, 0.1) is 29.1 Å². The lowest BCUT2D eigenvalue weighted by Gasteiger charge is -2.38. The van der Waals surface area contributed by atoms with Gasteiger partial charge in [0.2, 0.25) is 0 Å². The van der Waals surface area contributed by atoms with Crippen LogP contribution in [-0.4, -0.2) is 52.8 Å². The second-order valence-corrected chi connectivity index (χ2v) is 9.46. The normalized spacial score (nSPS) is 16.0. The van der Waals surface area contributed by atoms with Gasteiger partial charge in [0, 0.05) is 61.2 Å². The van der Waals surface area contributed by atoms with Crippen LogP contribution in [0.2, 0.25) is 0 Å². The molecular weight excluding hydrogens is 446 g/mol. The summed E-state index contributed by atoms with van der Waals surface area (Å²) >= 11 is 0. The first-order chi connectivity index (χ1) is 17.6. The Balaban J connectivity index is 1.18. The maximum Gasteiger partial charge on any atom is 0.298 e. The molecule has 0 radical (unpaired) electrons. The Labute approximate surface area is 212 Å². The number of carbonyl (C=O) groups is 2. The minimum absolute atomic E-state index is 0.00466. The minimum atomic E-state index is -0.126. The number of rotatable bonds is 1. The highest BCUT2D eigenvalue weighted by molar-refractivity contribution is 5.95. The molecule has 0 bridgehead atoms. The van der Waals surface area contributed by atoms with Gasteiger partial charge in [0.1, 0.15) is 0 Å². The molecule has 5 nitrogen and oxygen atoms in total. The molecule has 0 unspecified atom stereocenters. The Morgan fingerprint density at radius 2 is 1.31 bits per heavy atom. The molecule has 1 spiro atoms. The molecule has 2 fully saturated rings. The molecule has 2 aromatic carbocycles. The standard InChI is InChI=1S/C31H27N3O2/c35-29(14-13-26-9-5-2-6-10-26)33-18-15-31(16-19-33)17-20-34(24-31)30(36)28-21-27(22-32-23-28)12-11-25-7-3-1-4-8-25/h1-10,21-23H,15-20,24H2. The number of hydrogen-bond donors (Lipinski definition) is 0. The van der Waals surface area contributed by atoms with E-state index in [1.807, 2.05) is 76.5 Å². The van der Waals surface area contributed by atoms with Crippen molar-refractivity contribution in [2.75, 3.05) is 26.2 Å². The maximum atomic E-state index is 13.2. The summed E-state index contributed by atoms with van der Waals surface area (Å²) in [6.07, 6.45) is 6.03. The van der Waals surface area contributed by atoms with E-state index >= 15 is 0 Å². The zero-order valence-corrected chi connectivity index (χ0v) is 20.1. The average molecular weight is 474 g/mol. The zero-order chi connectivity index (χ0) is 24.8. The van der Waals surface area contributed by atoms with Crippen LogP contribution in [0.3, 0.4) is 0 Å². The number of likely N-dealkylation sites (tertiary alicyclic amines) is 2. The number of aromatic nitrogens is 1. The Bertz CT molecular complexity index is 1370. The lowest BCUT2D eigenvalue weighted by atomic mass is 9.78. The summed E-state index contributed by atoms with van der Waals surface area (Å²) in [5.41, 5.74) is 3.12. The lowest BCUT2D eigenvalue weighted by Crippen LogP contribution is -2.44. The molecule has 0 atom stereocenters. The van der Waals surface area contributed by atoms with Gasteiger partial charge in [-0.05, 0) is 55.0 Å². The molecule has 2 aliphatic rings. The molecule has 36 heavy (non-hydrogen) atoms. The van der Waals surface area contributed by atoms with E-state index in [0.717, 1.165) is 42.5 Å². The molecule has 0 N–H and O–H groups in total. The smallest absolute Gasteiger partial charge is 0.298 e. The maximum absolute atomic E-state index is 13.2. The van der Waals surface area contributed by atoms with E-state index < -0.39 is 0 Å². The molecule has 0 aliphatic carbocycles. The summed E-state index contributed by atoms with van der Waals surface area (Å²) in [6, 6.07) is 21.1. The van der Waals surface area contributed by atoms with E-state index in [0.29, 0.717) is 25.2 Å². The van der Waals surface area contributed by atoms with Gasteiger partial charge in [-0.1, -0.05) is 54.2 Å². The van der Waals surface area contributed by atoms with Gasteiger partial charge in [-0.15, -0.1) is 0 Å². The highest BCUT2D eigenvalue weighted by Gasteiger charge is 2.42. The molecule has 2 amide bonds. The first-order valence-electron chi connectivity index (χ1n) is 12.3. The third kappa shape index (κ3) is 5.48. The van der Waals surface area contributed by atoms with Crippen LogP contribution in [-0.2, 0) is 4.79 Å². The molecule has 2 aliphatic heterocycles. The van der Waals surface area contributed by atoms with Gasteiger partial charge >= 0.3 is 0 Å². The van der Waals surface area contributed by atoms with Gasteiger partial charge in [0.05, 0.1) is 5.56 Å². The number of pyridine rings is 1. The van der Waals surface area contributed by atoms with E-state index in [1.54, 1.807) is 12.4 Å². The molecule has 3 heterocycles. The summed E-state index contributed by atoms with van der Waals surface area (Å²) in [6.45, 7) is 2.79. The van der Waals surface area contributed by atoms with Crippen molar-refractivity contribution in [3.05, 3.63) is 101 Å². The second kappa shape index (κ2) is 10.5. The third-order valence-electron chi connectivity index (χ3n) is 7.03. The third-order valence-corrected chi connectivity index (χ3v) is 7.03. The number of nitrogens with zero attached hydrogens (tertiary/aromatic N) is 3. The van der Waals surface area contributed by atoms with Crippen LogP contribution in [0.1, 0.15) is 46.3 Å². The monoisotopic (exact) mass is 473 g/mol. The van der Waals surface area contributed by atoms with Crippen LogP contribution in [0.4, 0.5) is 0 Å². The van der Waals surface area contributed by atoms with Crippen LogP contribution in [0.25, 0.3) is 0 Å². The van der Waals surface area contributed by atoms with Crippen molar-refractivity contribution in [1.29, 1.82) is 0 Å². The summed E-state index contributed by atoms with van der Waals surface area (Å²) in [4.78, 5) is 33.8. The van der Waals surface area contributed by atoms with E-state index in [4.69, 9.17) is 0 Å². The fourth-order valence-electron chi connectivity index (χ4n) is 4.90. The van der Waals surface area contributed by atoms with Crippen molar-refractivity contribution in [3.8, 4) is 23.7 Å². The van der Waals surface area contributed by atoms with Gasteiger partial charge in [0.15, 0.2) is 0 Å². The van der Waals surface area contributed by atoms with Crippen molar-refractivity contribution in [3.63, 3.8) is 0 Å². The first kappa shape index (κ1) is 23.4. The molecule has 2 saturated heterocycles. The molecule has 178 valence electrons. The van der Waals surface area contributed by atoms with Gasteiger partial charge in [-0.2, -0.15) is 0 Å². The number of amides is 2. The van der Waals surface area contributed by atoms with Crippen molar-refractivity contribution >= 4 is 11.8 Å². The molecule has 1 aromatic heterocycles. The highest BCUT2D eigenvalue weighted by atomic mass is 16.2. The van der Waals surface area contributed by atoms with E-state index in [-0.39, 0.29) is 17.2 Å². The number of carbonyl (C=O) groups excluding carboxylic acids is 2. The molecule has 5 heteroatoms. The minimum Gasteiger partial charge on any atom is -0.338 e. The summed E-state index contributed by atoms with van der Waals surface area (Å²) in [5.74, 6) is 11.8. The van der Waals surface area contributed by atoms with Crippen molar-refractivity contribution in [1.82, 2.24) is 14.8 Å². The van der Waals surface area contributed by atoms with Gasteiger partial charge in [0.25, 0.3) is 11.8 Å². The van der Waals surface area contributed by atoms with Crippen LogP contribution < -0.4 is 0 Å². The Morgan fingerprint density at radius 1 is 0.722 bits per heavy atom. The second-order valence-electron chi connectivity index (χ2n) is 9.46. The van der Waals surface area contributed by atoms with Crippen molar-refractivity contribution < 1.29 is 9.59 Å². The number of hydrogen-bond acceptors (Lipinski definition) is 3. The molecule has 0 saturated carbocycles. The SMILES string of the molecule is O=C(C#Cc1ccccc1)N1CCC2(CC1)CCN(C(=O)c1cncc(C#Cc3ccccc3)c1)C2. The molecule has 3 aromatic rings. The van der Waals surface area contributed by atoms with E-state index in [1.165, 1.54) is 0 Å². The van der Waals surface area contributed by atoms with Crippen molar-refractivity contribution in [2.45, 2.75) is 19.3 Å². The fraction of sp³-hybridized carbons (Fsp3) is 0.258. The lowest BCUT2D eigenvalue weighted by molar-refractivity contribution is -0.127. The van der Waals surface area contributed by atoms with Gasteiger partial charge in [-0.25, -0.2) is 0 Å². The van der Waals surface area contributed by atoms with E-state index in [9.17, 15) is 9.59 Å². The number of piperidine rings is 1. The Hall–Kier alpha value is -4.35. The summed E-state index contributed by atoms with van der Waals surface area (Å²) in [7, 11) is 0. The largest absolute Gasteiger partial charge is 0.338 e.